The van der Waals surface area contributed by atoms with Gasteiger partial charge in [-0.25, -0.2) is 0 Å². The van der Waals surface area contributed by atoms with Crippen LogP contribution in [-0.2, 0) is 9.59 Å². The Labute approximate surface area is 159 Å². The molecular weight excluding hydrogens is 342 g/mol. The molecule has 2 aromatic rings. The van der Waals surface area contributed by atoms with Gasteiger partial charge in [-0.2, -0.15) is 0 Å². The third-order valence-corrected chi connectivity index (χ3v) is 4.18. The monoisotopic (exact) mass is 367 g/mol. The maximum atomic E-state index is 12.1. The van der Waals surface area contributed by atoms with Gasteiger partial charge in [-0.1, -0.05) is 0 Å². The fraction of sp³-hybridized carbons (Fsp3) is 0.286. The van der Waals surface area contributed by atoms with Gasteiger partial charge >= 0.3 is 0 Å². The molecule has 142 valence electrons. The maximum Gasteiger partial charge on any atom is 0.233 e. The van der Waals surface area contributed by atoms with Gasteiger partial charge in [-0.15, -0.1) is 0 Å². The van der Waals surface area contributed by atoms with Gasteiger partial charge < -0.3 is 15.5 Å². The summed E-state index contributed by atoms with van der Waals surface area (Å²) in [7, 11) is 0. The van der Waals surface area contributed by atoms with E-state index in [0.717, 1.165) is 18.8 Å². The number of ketones is 1. The molecule has 6 nitrogen and oxygen atoms in total. The molecule has 0 saturated carbocycles. The zero-order chi connectivity index (χ0) is 19.8. The second-order valence-electron chi connectivity index (χ2n) is 6.13. The fourth-order valence-corrected chi connectivity index (χ4v) is 2.69. The molecule has 0 heterocycles. The van der Waals surface area contributed by atoms with Gasteiger partial charge in [0.15, 0.2) is 5.78 Å². The number of benzene rings is 2. The quantitative estimate of drug-likeness (QED) is 0.551. The van der Waals surface area contributed by atoms with Gasteiger partial charge in [0.2, 0.25) is 11.8 Å². The number of amides is 2. The van der Waals surface area contributed by atoms with E-state index in [1.165, 1.54) is 6.92 Å². The number of carbonyl (C=O) groups is 3. The molecule has 0 unspecified atom stereocenters. The molecule has 0 bridgehead atoms. The average molecular weight is 367 g/mol. The lowest BCUT2D eigenvalue weighted by Crippen LogP contribution is -2.22. The highest BCUT2D eigenvalue weighted by atomic mass is 16.2. The van der Waals surface area contributed by atoms with Crippen molar-refractivity contribution in [3.8, 4) is 0 Å². The van der Waals surface area contributed by atoms with E-state index < -0.39 is 5.91 Å². The molecule has 0 aromatic heterocycles. The molecule has 0 radical (unpaired) electrons. The van der Waals surface area contributed by atoms with E-state index in [0.29, 0.717) is 16.9 Å². The lowest BCUT2D eigenvalue weighted by atomic mass is 10.1. The Balaban J connectivity index is 1.87. The molecule has 0 fully saturated rings. The predicted molar refractivity (Wildman–Crippen MR) is 108 cm³/mol. The van der Waals surface area contributed by atoms with Crippen molar-refractivity contribution in [1.82, 2.24) is 0 Å². The summed E-state index contributed by atoms with van der Waals surface area (Å²) in [6.07, 6.45) is -0.285. The highest BCUT2D eigenvalue weighted by molar-refractivity contribution is 6.08. The highest BCUT2D eigenvalue weighted by Crippen LogP contribution is 2.18. The summed E-state index contributed by atoms with van der Waals surface area (Å²) in [5, 5.41) is 5.37. The van der Waals surface area contributed by atoms with E-state index in [1.807, 2.05) is 24.3 Å². The van der Waals surface area contributed by atoms with Crippen molar-refractivity contribution in [3.05, 3.63) is 54.1 Å². The van der Waals surface area contributed by atoms with Crippen molar-refractivity contribution < 1.29 is 14.4 Å². The fourth-order valence-electron chi connectivity index (χ4n) is 2.69. The summed E-state index contributed by atoms with van der Waals surface area (Å²) in [5.74, 6) is -0.842. The van der Waals surface area contributed by atoms with E-state index in [-0.39, 0.29) is 18.1 Å². The maximum absolute atomic E-state index is 12.1. The molecule has 0 aliphatic rings. The number of carbonyl (C=O) groups excluding carboxylic acids is 3. The summed E-state index contributed by atoms with van der Waals surface area (Å²) in [6, 6.07) is 14.1. The molecule has 0 aliphatic carbocycles. The van der Waals surface area contributed by atoms with Gasteiger partial charge in [-0.05, 0) is 69.3 Å². The topological polar surface area (TPSA) is 78.5 Å². The molecule has 27 heavy (non-hydrogen) atoms. The molecule has 2 amide bonds. The van der Waals surface area contributed by atoms with Crippen LogP contribution in [-0.4, -0.2) is 30.7 Å². The first kappa shape index (κ1) is 20.2. The Hall–Kier alpha value is -3.15. The molecule has 0 spiro atoms. The summed E-state index contributed by atoms with van der Waals surface area (Å²) < 4.78 is 0. The Morgan fingerprint density at radius 3 is 1.63 bits per heavy atom. The zero-order valence-electron chi connectivity index (χ0n) is 15.9. The van der Waals surface area contributed by atoms with Crippen molar-refractivity contribution in [2.45, 2.75) is 27.2 Å². The van der Waals surface area contributed by atoms with E-state index in [1.54, 1.807) is 24.3 Å². The first-order valence-corrected chi connectivity index (χ1v) is 8.98. The van der Waals surface area contributed by atoms with Crippen LogP contribution in [0.1, 0.15) is 37.6 Å². The first-order valence-electron chi connectivity index (χ1n) is 8.98. The second kappa shape index (κ2) is 9.52. The lowest BCUT2D eigenvalue weighted by molar-refractivity contribution is -0.123. The van der Waals surface area contributed by atoms with Gasteiger partial charge in [0, 0.05) is 35.7 Å². The lowest BCUT2D eigenvalue weighted by Gasteiger charge is -2.21. The Bertz CT molecular complexity index is 794. The van der Waals surface area contributed by atoms with Crippen LogP contribution in [0.25, 0.3) is 0 Å². The zero-order valence-corrected chi connectivity index (χ0v) is 15.9. The van der Waals surface area contributed by atoms with Crippen molar-refractivity contribution >= 4 is 34.7 Å². The molecule has 2 aromatic carbocycles. The molecule has 0 aliphatic heterocycles. The normalized spacial score (nSPS) is 10.2. The second-order valence-corrected chi connectivity index (χ2v) is 6.13. The number of hydrogen-bond donors (Lipinski definition) is 2. The van der Waals surface area contributed by atoms with Crippen molar-refractivity contribution in [3.63, 3.8) is 0 Å². The average Bonchev–Trinajstić information content (AvgIpc) is 2.64. The van der Waals surface area contributed by atoms with E-state index >= 15 is 0 Å². The summed E-state index contributed by atoms with van der Waals surface area (Å²) in [4.78, 5) is 37.5. The van der Waals surface area contributed by atoms with Crippen LogP contribution in [0.4, 0.5) is 17.1 Å². The van der Waals surface area contributed by atoms with Crippen LogP contribution in [0.3, 0.4) is 0 Å². The summed E-state index contributed by atoms with van der Waals surface area (Å²) >= 11 is 0. The number of nitrogens with zero attached hydrogens (tertiary/aromatic N) is 1. The number of rotatable bonds is 8. The summed E-state index contributed by atoms with van der Waals surface area (Å²) in [5.41, 5.74) is 2.85. The standard InChI is InChI=1S/C21H25N3O3/c1-4-24(5-2)19-12-10-18(11-13-19)23-21(27)14-20(26)22-17-8-6-16(7-9-17)15(3)25/h6-13H,4-5,14H2,1-3H3,(H,22,26)(H,23,27). The van der Waals surface area contributed by atoms with Crippen molar-refractivity contribution in [2.75, 3.05) is 28.6 Å². The SMILES string of the molecule is CCN(CC)c1ccc(NC(=O)CC(=O)Nc2ccc(C(C)=O)cc2)cc1. The Kier molecular flexibility index (Phi) is 7.11. The molecule has 6 heteroatoms. The number of nitrogens with one attached hydrogen (secondary N) is 2. The Morgan fingerprint density at radius 1 is 0.778 bits per heavy atom. The van der Waals surface area contributed by atoms with Gasteiger partial charge in [0.1, 0.15) is 6.42 Å². The Morgan fingerprint density at radius 2 is 1.22 bits per heavy atom. The molecule has 0 atom stereocenters. The van der Waals surface area contributed by atoms with E-state index in [4.69, 9.17) is 0 Å². The first-order chi connectivity index (χ1) is 12.9. The van der Waals surface area contributed by atoms with Crippen molar-refractivity contribution in [2.24, 2.45) is 0 Å². The molecular formula is C21H25N3O3. The summed E-state index contributed by atoms with van der Waals surface area (Å²) in [6.45, 7) is 7.48. The van der Waals surface area contributed by atoms with Crippen LogP contribution < -0.4 is 15.5 Å². The third kappa shape index (κ3) is 5.95. The largest absolute Gasteiger partial charge is 0.372 e. The smallest absolute Gasteiger partial charge is 0.233 e. The van der Waals surface area contributed by atoms with Crippen LogP contribution in [0.5, 0.6) is 0 Å². The minimum absolute atomic E-state index is 0.0423. The van der Waals surface area contributed by atoms with Crippen LogP contribution >= 0.6 is 0 Å². The number of Topliss-reactive ketones (excluding diaryl/α,β-unsaturated/α-hetero) is 1. The third-order valence-electron chi connectivity index (χ3n) is 4.18. The molecule has 2 N–H and O–H groups in total. The molecule has 2 rings (SSSR count). The highest BCUT2D eigenvalue weighted by Gasteiger charge is 2.11. The van der Waals surface area contributed by atoms with Crippen molar-refractivity contribution in [1.29, 1.82) is 0 Å². The van der Waals surface area contributed by atoms with E-state index in [2.05, 4.69) is 29.4 Å². The predicted octanol–water partition coefficient (Wildman–Crippen LogP) is 3.70. The van der Waals surface area contributed by atoms with E-state index in [9.17, 15) is 14.4 Å². The van der Waals surface area contributed by atoms with Crippen LogP contribution in [0, 0.1) is 0 Å². The van der Waals surface area contributed by atoms with Gasteiger partial charge in [-0.3, -0.25) is 14.4 Å². The van der Waals surface area contributed by atoms with Gasteiger partial charge in [0.05, 0.1) is 0 Å². The van der Waals surface area contributed by atoms with Gasteiger partial charge in [0.25, 0.3) is 0 Å². The van der Waals surface area contributed by atoms with Crippen LogP contribution in [0.2, 0.25) is 0 Å². The minimum Gasteiger partial charge on any atom is -0.372 e. The molecule has 0 saturated heterocycles. The number of hydrogen-bond acceptors (Lipinski definition) is 4. The number of anilines is 3. The minimum atomic E-state index is -0.414. The van der Waals surface area contributed by atoms with Crippen LogP contribution in [0.15, 0.2) is 48.5 Å².